The van der Waals surface area contributed by atoms with Gasteiger partial charge in [-0.2, -0.15) is 5.10 Å². The average molecular weight is 335 g/mol. The third kappa shape index (κ3) is 2.80. The van der Waals surface area contributed by atoms with Gasteiger partial charge in [0.15, 0.2) is 11.4 Å². The van der Waals surface area contributed by atoms with Gasteiger partial charge in [-0.05, 0) is 30.3 Å². The smallest absolute Gasteiger partial charge is 0.408 e. The summed E-state index contributed by atoms with van der Waals surface area (Å²) in [5, 5.41) is 6.88. The fraction of sp³-hybridized carbons (Fsp3) is 0.0588. The number of pyridine rings is 1. The first kappa shape index (κ1) is 14.9. The summed E-state index contributed by atoms with van der Waals surface area (Å²) in [7, 11) is 0. The number of carbonyl (C=O) groups excluding carboxylic acids is 1. The van der Waals surface area contributed by atoms with Gasteiger partial charge in [0, 0.05) is 18.6 Å². The van der Waals surface area contributed by atoms with Crippen LogP contribution in [0.2, 0.25) is 0 Å². The number of nitrogens with one attached hydrogen (secondary N) is 1. The standard InChI is InChI=1S/C17H13N5O3/c23-15(11-21-13-6-1-2-7-14(13)25-17(21)24)20-12-5-3-8-18-16(12)22-10-4-9-19-22/h1-10H,11H2,(H,20,23). The number of oxazole rings is 1. The van der Waals surface area contributed by atoms with E-state index >= 15 is 0 Å². The maximum atomic E-state index is 12.4. The maximum Gasteiger partial charge on any atom is 0.420 e. The molecule has 1 aromatic carbocycles. The van der Waals surface area contributed by atoms with Crippen molar-refractivity contribution in [2.75, 3.05) is 5.32 Å². The molecule has 0 aliphatic carbocycles. The number of rotatable bonds is 4. The summed E-state index contributed by atoms with van der Waals surface area (Å²) in [5.74, 6) is -0.449. The van der Waals surface area contributed by atoms with Gasteiger partial charge >= 0.3 is 5.76 Å². The largest absolute Gasteiger partial charge is 0.420 e. The van der Waals surface area contributed by atoms with E-state index in [4.69, 9.17) is 4.42 Å². The van der Waals surface area contributed by atoms with Crippen LogP contribution in [0.4, 0.5) is 5.69 Å². The molecule has 8 nitrogen and oxygen atoms in total. The molecule has 1 N–H and O–H groups in total. The summed E-state index contributed by atoms with van der Waals surface area (Å²) >= 11 is 0. The molecule has 3 heterocycles. The summed E-state index contributed by atoms with van der Waals surface area (Å²) in [6, 6.07) is 12.1. The summed E-state index contributed by atoms with van der Waals surface area (Å²) in [6.07, 6.45) is 4.96. The summed E-state index contributed by atoms with van der Waals surface area (Å²) < 4.78 is 7.97. The van der Waals surface area contributed by atoms with Gasteiger partial charge in [-0.3, -0.25) is 9.36 Å². The van der Waals surface area contributed by atoms with Gasteiger partial charge in [-0.1, -0.05) is 12.1 Å². The van der Waals surface area contributed by atoms with Crippen LogP contribution in [0.3, 0.4) is 0 Å². The van der Waals surface area contributed by atoms with E-state index in [9.17, 15) is 9.59 Å². The lowest BCUT2D eigenvalue weighted by molar-refractivity contribution is -0.116. The fourth-order valence-electron chi connectivity index (χ4n) is 2.57. The Labute approximate surface area is 141 Å². The number of nitrogens with zero attached hydrogens (tertiary/aromatic N) is 4. The Morgan fingerprint density at radius 1 is 1.12 bits per heavy atom. The minimum atomic E-state index is -0.574. The Bertz CT molecular complexity index is 1090. The third-order valence-electron chi connectivity index (χ3n) is 3.66. The SMILES string of the molecule is O=C(Cn1c(=O)oc2ccccc21)Nc1cccnc1-n1cccn1. The normalized spacial score (nSPS) is 10.9. The molecule has 0 saturated carbocycles. The Hall–Kier alpha value is -3.68. The Morgan fingerprint density at radius 3 is 2.84 bits per heavy atom. The van der Waals surface area contributed by atoms with Gasteiger partial charge < -0.3 is 9.73 Å². The van der Waals surface area contributed by atoms with Crippen molar-refractivity contribution >= 4 is 22.7 Å². The molecule has 0 aliphatic heterocycles. The van der Waals surface area contributed by atoms with Crippen molar-refractivity contribution in [2.45, 2.75) is 6.54 Å². The van der Waals surface area contributed by atoms with E-state index in [1.165, 1.54) is 4.57 Å². The molecule has 25 heavy (non-hydrogen) atoms. The van der Waals surface area contributed by atoms with E-state index in [2.05, 4.69) is 15.4 Å². The molecule has 4 rings (SSSR count). The molecular formula is C17H13N5O3. The number of amides is 1. The van der Waals surface area contributed by atoms with Crippen LogP contribution in [-0.4, -0.2) is 25.2 Å². The van der Waals surface area contributed by atoms with Crippen LogP contribution in [-0.2, 0) is 11.3 Å². The predicted octanol–water partition coefficient (Wildman–Crippen LogP) is 1.81. The van der Waals surface area contributed by atoms with E-state index in [0.717, 1.165) is 0 Å². The molecule has 4 aromatic rings. The Kier molecular flexibility index (Phi) is 3.62. The zero-order valence-corrected chi connectivity index (χ0v) is 13.0. The molecule has 124 valence electrons. The predicted molar refractivity (Wildman–Crippen MR) is 90.5 cm³/mol. The third-order valence-corrected chi connectivity index (χ3v) is 3.66. The van der Waals surface area contributed by atoms with Crippen LogP contribution < -0.4 is 11.1 Å². The topological polar surface area (TPSA) is 95.0 Å². The second-order valence-corrected chi connectivity index (χ2v) is 5.30. The summed E-state index contributed by atoms with van der Waals surface area (Å²) in [4.78, 5) is 28.6. The fourth-order valence-corrected chi connectivity index (χ4v) is 2.57. The second-order valence-electron chi connectivity index (χ2n) is 5.30. The summed E-state index contributed by atoms with van der Waals surface area (Å²) in [5.41, 5.74) is 1.51. The molecule has 0 saturated heterocycles. The van der Waals surface area contributed by atoms with E-state index in [1.54, 1.807) is 65.7 Å². The zero-order valence-electron chi connectivity index (χ0n) is 13.0. The van der Waals surface area contributed by atoms with Gasteiger partial charge in [-0.15, -0.1) is 0 Å². The highest BCUT2D eigenvalue weighted by atomic mass is 16.4. The first-order valence-corrected chi connectivity index (χ1v) is 7.55. The Balaban J connectivity index is 1.61. The van der Waals surface area contributed by atoms with Crippen LogP contribution in [0, 0.1) is 0 Å². The van der Waals surface area contributed by atoms with E-state index in [1.807, 2.05) is 0 Å². The lowest BCUT2D eigenvalue weighted by Gasteiger charge is -2.10. The average Bonchev–Trinajstić information content (AvgIpc) is 3.24. The number of hydrogen-bond acceptors (Lipinski definition) is 5. The van der Waals surface area contributed by atoms with Gasteiger partial charge in [0.25, 0.3) is 0 Å². The molecule has 0 bridgehead atoms. The highest BCUT2D eigenvalue weighted by Gasteiger charge is 2.14. The van der Waals surface area contributed by atoms with Gasteiger partial charge in [-0.25, -0.2) is 14.5 Å². The van der Waals surface area contributed by atoms with Crippen LogP contribution in [0.1, 0.15) is 0 Å². The maximum absolute atomic E-state index is 12.4. The lowest BCUT2D eigenvalue weighted by Crippen LogP contribution is -2.25. The number of aromatic nitrogens is 4. The van der Waals surface area contributed by atoms with Crippen molar-refractivity contribution < 1.29 is 9.21 Å². The van der Waals surface area contributed by atoms with E-state index in [0.29, 0.717) is 22.6 Å². The number of carbonyl (C=O) groups is 1. The molecule has 0 fully saturated rings. The lowest BCUT2D eigenvalue weighted by atomic mass is 10.3. The Morgan fingerprint density at radius 2 is 2.00 bits per heavy atom. The number of hydrogen-bond donors (Lipinski definition) is 1. The zero-order chi connectivity index (χ0) is 17.2. The van der Waals surface area contributed by atoms with Crippen LogP contribution >= 0.6 is 0 Å². The first-order valence-electron chi connectivity index (χ1n) is 7.55. The van der Waals surface area contributed by atoms with Gasteiger partial charge in [0.2, 0.25) is 5.91 Å². The highest BCUT2D eigenvalue weighted by Crippen LogP contribution is 2.17. The van der Waals surface area contributed by atoms with Crippen LogP contribution in [0.25, 0.3) is 16.9 Å². The van der Waals surface area contributed by atoms with Crippen molar-refractivity contribution in [3.63, 3.8) is 0 Å². The van der Waals surface area contributed by atoms with Gasteiger partial charge in [0.05, 0.1) is 11.2 Å². The van der Waals surface area contributed by atoms with Crippen molar-refractivity contribution in [2.24, 2.45) is 0 Å². The molecule has 0 unspecified atom stereocenters. The second kappa shape index (κ2) is 6.08. The number of benzene rings is 1. The first-order chi connectivity index (χ1) is 12.2. The molecule has 0 atom stereocenters. The molecule has 8 heteroatoms. The molecular weight excluding hydrogens is 322 g/mol. The van der Waals surface area contributed by atoms with Crippen LogP contribution in [0.5, 0.6) is 0 Å². The monoisotopic (exact) mass is 335 g/mol. The number of para-hydroxylation sites is 2. The van der Waals surface area contributed by atoms with Crippen molar-refractivity contribution in [3.8, 4) is 5.82 Å². The van der Waals surface area contributed by atoms with Crippen molar-refractivity contribution in [1.29, 1.82) is 0 Å². The quantitative estimate of drug-likeness (QED) is 0.614. The molecule has 3 aromatic heterocycles. The number of anilines is 1. The molecule has 1 amide bonds. The van der Waals surface area contributed by atoms with Crippen molar-refractivity contribution in [1.82, 2.24) is 19.3 Å². The number of fused-ring (bicyclic) bond motifs is 1. The molecule has 0 spiro atoms. The van der Waals surface area contributed by atoms with Gasteiger partial charge in [0.1, 0.15) is 6.54 Å². The molecule has 0 radical (unpaired) electrons. The van der Waals surface area contributed by atoms with Crippen LogP contribution in [0.15, 0.2) is 70.3 Å². The minimum absolute atomic E-state index is 0.163. The molecule has 0 aliphatic rings. The van der Waals surface area contributed by atoms with Crippen molar-refractivity contribution in [3.05, 3.63) is 71.6 Å². The van der Waals surface area contributed by atoms with E-state index in [-0.39, 0.29) is 12.5 Å². The summed E-state index contributed by atoms with van der Waals surface area (Å²) in [6.45, 7) is -0.163. The van der Waals surface area contributed by atoms with E-state index < -0.39 is 5.76 Å². The minimum Gasteiger partial charge on any atom is -0.408 e. The highest BCUT2D eigenvalue weighted by molar-refractivity contribution is 5.93.